The average molecular weight is 191 g/mol. The van der Waals surface area contributed by atoms with Crippen molar-refractivity contribution in [1.82, 2.24) is 5.01 Å². The summed E-state index contributed by atoms with van der Waals surface area (Å²) in [5.74, 6) is -3.08. The third-order valence-electron chi connectivity index (χ3n) is 0.911. The van der Waals surface area contributed by atoms with E-state index in [0.29, 0.717) is 0 Å². The van der Waals surface area contributed by atoms with Gasteiger partial charge in [-0.15, -0.1) is 0 Å². The first-order valence-corrected chi connectivity index (χ1v) is 2.84. The van der Waals surface area contributed by atoms with Crippen LogP contribution in [0.2, 0.25) is 0 Å². The molecule has 0 saturated heterocycles. The van der Waals surface area contributed by atoms with Crippen molar-refractivity contribution in [1.29, 1.82) is 0 Å². The highest BCUT2D eigenvalue weighted by molar-refractivity contribution is 6.00. The molecule has 72 valence electrons. The van der Waals surface area contributed by atoms with Crippen LogP contribution >= 0.6 is 0 Å². The molecule has 0 spiro atoms. The monoisotopic (exact) mass is 191 g/mol. The summed E-state index contributed by atoms with van der Waals surface area (Å²) in [6.45, 7) is 0. The molecule has 3 amide bonds. The highest BCUT2D eigenvalue weighted by Gasteiger charge is 2.31. The number of hydrazine groups is 1. The van der Waals surface area contributed by atoms with E-state index in [1.807, 2.05) is 0 Å². The molecule has 0 atom stereocenters. The van der Waals surface area contributed by atoms with Crippen molar-refractivity contribution in [2.24, 2.45) is 5.73 Å². The number of amides is 3. The Balaban J connectivity index is 4.57. The van der Waals surface area contributed by atoms with Crippen LogP contribution in [0.15, 0.2) is 0 Å². The zero-order valence-electron chi connectivity index (χ0n) is 6.17. The van der Waals surface area contributed by atoms with Crippen LogP contribution in [-0.2, 0) is 9.59 Å². The summed E-state index contributed by atoms with van der Waals surface area (Å²) in [6.07, 6.45) is -1.16. The number of imide groups is 1. The first-order valence-electron chi connectivity index (χ1n) is 2.84. The maximum absolute atomic E-state index is 10.6. The molecule has 0 aliphatic heterocycles. The SMILES string of the molecule is NC(=O)N(C(=O)CC(=O)O)[N+](=O)[O-]. The van der Waals surface area contributed by atoms with Gasteiger partial charge < -0.3 is 10.8 Å². The fourth-order valence-electron chi connectivity index (χ4n) is 0.499. The smallest absolute Gasteiger partial charge is 0.382 e. The van der Waals surface area contributed by atoms with Crippen LogP contribution < -0.4 is 5.73 Å². The van der Waals surface area contributed by atoms with Gasteiger partial charge in [0.15, 0.2) is 5.03 Å². The highest BCUT2D eigenvalue weighted by Crippen LogP contribution is 1.94. The third-order valence-corrected chi connectivity index (χ3v) is 0.911. The molecule has 3 N–H and O–H groups in total. The first kappa shape index (κ1) is 10.8. The van der Waals surface area contributed by atoms with Gasteiger partial charge in [0.25, 0.3) is 0 Å². The summed E-state index contributed by atoms with van der Waals surface area (Å²) in [5, 5.41) is 16.1. The Morgan fingerprint density at radius 3 is 2.15 bits per heavy atom. The average Bonchev–Trinajstić information content (AvgIpc) is 1.81. The maximum Gasteiger partial charge on any atom is 0.382 e. The fraction of sp³-hybridized carbons (Fsp3) is 0.250. The van der Waals surface area contributed by atoms with Crippen molar-refractivity contribution >= 4 is 17.9 Å². The fourth-order valence-corrected chi connectivity index (χ4v) is 0.499. The van der Waals surface area contributed by atoms with Gasteiger partial charge in [-0.1, -0.05) is 0 Å². The van der Waals surface area contributed by atoms with Gasteiger partial charge in [0, 0.05) is 5.01 Å². The van der Waals surface area contributed by atoms with Crippen LogP contribution in [0.4, 0.5) is 4.79 Å². The molecule has 0 aromatic heterocycles. The van der Waals surface area contributed by atoms with E-state index in [4.69, 9.17) is 5.11 Å². The lowest BCUT2D eigenvalue weighted by molar-refractivity contribution is -0.612. The lowest BCUT2D eigenvalue weighted by Gasteiger charge is -2.04. The number of nitrogens with two attached hydrogens (primary N) is 1. The number of hydrogen-bond acceptors (Lipinski definition) is 5. The normalized spacial score (nSPS) is 8.92. The molecule has 0 unspecified atom stereocenters. The number of carbonyl (C=O) groups excluding carboxylic acids is 2. The second-order valence-electron chi connectivity index (χ2n) is 1.85. The third kappa shape index (κ3) is 3.14. The van der Waals surface area contributed by atoms with E-state index in [9.17, 15) is 24.5 Å². The van der Waals surface area contributed by atoms with Crippen LogP contribution in [0.25, 0.3) is 0 Å². The van der Waals surface area contributed by atoms with Crippen molar-refractivity contribution in [3.05, 3.63) is 10.1 Å². The first-order chi connectivity index (χ1) is 5.86. The molecular weight excluding hydrogens is 186 g/mol. The van der Waals surface area contributed by atoms with E-state index in [1.165, 1.54) is 0 Å². The number of urea groups is 1. The topological polar surface area (TPSA) is 144 Å². The van der Waals surface area contributed by atoms with Crippen LogP contribution in [-0.4, -0.2) is 33.1 Å². The van der Waals surface area contributed by atoms with Crippen molar-refractivity contribution in [2.45, 2.75) is 6.42 Å². The van der Waals surface area contributed by atoms with Gasteiger partial charge in [-0.3, -0.25) is 9.59 Å². The molecule has 0 aliphatic rings. The summed E-state index contributed by atoms with van der Waals surface area (Å²) in [6, 6.07) is -1.63. The molecule has 9 nitrogen and oxygen atoms in total. The van der Waals surface area contributed by atoms with Gasteiger partial charge >= 0.3 is 17.9 Å². The summed E-state index contributed by atoms with van der Waals surface area (Å²) < 4.78 is 0. The number of rotatable bonds is 3. The number of carboxylic acids is 1. The molecular formula is C4H5N3O6. The Labute approximate surface area is 70.8 Å². The van der Waals surface area contributed by atoms with Gasteiger partial charge in [0.05, 0.1) is 0 Å². The van der Waals surface area contributed by atoms with Gasteiger partial charge in [0.1, 0.15) is 6.42 Å². The minimum atomic E-state index is -1.63. The zero-order chi connectivity index (χ0) is 10.6. The summed E-state index contributed by atoms with van der Waals surface area (Å²) in [7, 11) is 0. The molecule has 0 heterocycles. The molecule has 0 rings (SSSR count). The predicted octanol–water partition coefficient (Wildman–Crippen LogP) is -1.44. The van der Waals surface area contributed by atoms with Gasteiger partial charge in [0.2, 0.25) is 0 Å². The molecule has 0 saturated carbocycles. The number of primary amides is 1. The van der Waals surface area contributed by atoms with Gasteiger partial charge in [-0.2, -0.15) is 0 Å². The molecule has 0 fully saturated rings. The van der Waals surface area contributed by atoms with E-state index < -0.39 is 34.4 Å². The number of carbonyl (C=O) groups is 3. The van der Waals surface area contributed by atoms with E-state index in [1.54, 1.807) is 0 Å². The number of hydrogen-bond donors (Lipinski definition) is 2. The maximum atomic E-state index is 10.6. The van der Waals surface area contributed by atoms with Crippen molar-refractivity contribution in [2.75, 3.05) is 0 Å². The van der Waals surface area contributed by atoms with Gasteiger partial charge in [-0.05, 0) is 0 Å². The molecule has 9 heteroatoms. The second kappa shape index (κ2) is 3.99. The Morgan fingerprint density at radius 2 is 1.92 bits per heavy atom. The summed E-state index contributed by atoms with van der Waals surface area (Å²) >= 11 is 0. The van der Waals surface area contributed by atoms with E-state index in [-0.39, 0.29) is 0 Å². The Hall–Kier alpha value is -2.19. The van der Waals surface area contributed by atoms with Crippen molar-refractivity contribution in [3.63, 3.8) is 0 Å². The number of nitrogens with zero attached hydrogens (tertiary/aromatic N) is 2. The van der Waals surface area contributed by atoms with E-state index >= 15 is 0 Å². The quantitative estimate of drug-likeness (QED) is 0.317. The minimum Gasteiger partial charge on any atom is -0.481 e. The Kier molecular flexibility index (Phi) is 3.32. The summed E-state index contributed by atoms with van der Waals surface area (Å²) in [4.78, 5) is 40.8. The lowest BCUT2D eigenvalue weighted by atomic mass is 10.4. The molecule has 0 aromatic rings. The Morgan fingerprint density at radius 1 is 1.46 bits per heavy atom. The van der Waals surface area contributed by atoms with Crippen LogP contribution in [0.3, 0.4) is 0 Å². The minimum absolute atomic E-state index is 0.561. The molecule has 0 aliphatic carbocycles. The molecule has 0 radical (unpaired) electrons. The summed E-state index contributed by atoms with van der Waals surface area (Å²) in [5.41, 5.74) is 4.45. The molecule has 0 bridgehead atoms. The van der Waals surface area contributed by atoms with Crippen LogP contribution in [0.1, 0.15) is 6.42 Å². The number of nitro groups is 1. The van der Waals surface area contributed by atoms with Crippen LogP contribution in [0.5, 0.6) is 0 Å². The van der Waals surface area contributed by atoms with E-state index in [2.05, 4.69) is 5.73 Å². The highest BCUT2D eigenvalue weighted by atomic mass is 16.7. The lowest BCUT2D eigenvalue weighted by Crippen LogP contribution is -2.45. The zero-order valence-corrected chi connectivity index (χ0v) is 6.17. The largest absolute Gasteiger partial charge is 0.481 e. The van der Waals surface area contributed by atoms with Crippen LogP contribution in [0, 0.1) is 10.1 Å². The van der Waals surface area contributed by atoms with Crippen molar-refractivity contribution < 1.29 is 24.5 Å². The second-order valence-corrected chi connectivity index (χ2v) is 1.85. The predicted molar refractivity (Wildman–Crippen MR) is 35.7 cm³/mol. The number of aliphatic carboxylic acids is 1. The molecule has 0 aromatic carbocycles. The van der Waals surface area contributed by atoms with E-state index in [0.717, 1.165) is 0 Å². The number of carboxylic acid groups (broad SMARTS) is 1. The molecule has 13 heavy (non-hydrogen) atoms. The van der Waals surface area contributed by atoms with Gasteiger partial charge in [-0.25, -0.2) is 14.9 Å². The standard InChI is InChI=1S/C4H5N3O6/c5-4(11)6(7(12)13)2(8)1-3(9)10/h1H2,(H2,5,11)(H,9,10). The van der Waals surface area contributed by atoms with Crippen molar-refractivity contribution in [3.8, 4) is 0 Å². The Bertz CT molecular complexity index is 259.